The Bertz CT molecular complexity index is 888. The number of aromatic nitrogens is 3. The number of nitrogens with zero attached hydrogens (tertiary/aromatic N) is 3. The first-order valence-electron chi connectivity index (χ1n) is 7.48. The predicted molar refractivity (Wildman–Crippen MR) is 88.1 cm³/mol. The summed E-state index contributed by atoms with van der Waals surface area (Å²) in [5, 5.41) is 4.67. The summed E-state index contributed by atoms with van der Waals surface area (Å²) in [5.41, 5.74) is 3.43. The van der Waals surface area contributed by atoms with Crippen molar-refractivity contribution in [2.75, 3.05) is 19.5 Å². The number of hydrogen-bond donors (Lipinski definition) is 1. The molecule has 0 radical (unpaired) electrons. The molecular formula is C17H18N4O2. The van der Waals surface area contributed by atoms with Crippen molar-refractivity contribution in [3.8, 4) is 11.6 Å². The van der Waals surface area contributed by atoms with Gasteiger partial charge in [-0.25, -0.2) is 9.97 Å². The van der Waals surface area contributed by atoms with E-state index in [-0.39, 0.29) is 6.04 Å². The summed E-state index contributed by atoms with van der Waals surface area (Å²) in [6.45, 7) is 0. The van der Waals surface area contributed by atoms with Crippen molar-refractivity contribution in [3.63, 3.8) is 0 Å². The SMILES string of the molecule is COc1ccc2c(c1)c(C1Cc3c(ncnc3OC)N1)cn2C. The molecule has 0 bridgehead atoms. The number of hydrogen-bond acceptors (Lipinski definition) is 5. The Balaban J connectivity index is 1.79. The fourth-order valence-corrected chi connectivity index (χ4v) is 3.29. The Hall–Kier alpha value is -2.76. The Morgan fingerprint density at radius 2 is 2.09 bits per heavy atom. The molecule has 4 rings (SSSR count). The number of methoxy groups -OCH3 is 2. The van der Waals surface area contributed by atoms with Crippen LogP contribution in [0.5, 0.6) is 11.6 Å². The van der Waals surface area contributed by atoms with Gasteiger partial charge >= 0.3 is 0 Å². The summed E-state index contributed by atoms with van der Waals surface area (Å²) in [6, 6.07) is 6.29. The largest absolute Gasteiger partial charge is 0.497 e. The highest BCUT2D eigenvalue weighted by atomic mass is 16.5. The molecule has 1 aliphatic rings. The molecule has 23 heavy (non-hydrogen) atoms. The molecule has 1 aliphatic heterocycles. The van der Waals surface area contributed by atoms with Crippen molar-refractivity contribution in [3.05, 3.63) is 41.9 Å². The van der Waals surface area contributed by atoms with Crippen LogP contribution in [-0.2, 0) is 13.5 Å². The zero-order valence-corrected chi connectivity index (χ0v) is 13.3. The van der Waals surface area contributed by atoms with Crippen molar-refractivity contribution in [2.45, 2.75) is 12.5 Å². The topological polar surface area (TPSA) is 61.2 Å². The minimum atomic E-state index is 0.145. The minimum Gasteiger partial charge on any atom is -0.497 e. The van der Waals surface area contributed by atoms with Crippen LogP contribution in [0.2, 0.25) is 0 Å². The van der Waals surface area contributed by atoms with E-state index >= 15 is 0 Å². The number of anilines is 1. The average molecular weight is 310 g/mol. The molecule has 0 saturated carbocycles. The van der Waals surface area contributed by atoms with Gasteiger partial charge in [0, 0.05) is 36.1 Å². The van der Waals surface area contributed by atoms with Crippen LogP contribution in [0.1, 0.15) is 17.2 Å². The Morgan fingerprint density at radius 3 is 2.87 bits per heavy atom. The molecule has 3 aromatic rings. The van der Waals surface area contributed by atoms with E-state index in [1.165, 1.54) is 22.8 Å². The summed E-state index contributed by atoms with van der Waals surface area (Å²) >= 11 is 0. The molecule has 1 unspecified atom stereocenters. The zero-order chi connectivity index (χ0) is 16.0. The Kier molecular flexibility index (Phi) is 3.11. The standard InChI is InChI=1S/C17H18N4O2/c1-21-8-13(11-6-10(22-2)4-5-15(11)21)14-7-12-16(20-14)18-9-19-17(12)23-3/h4-6,8-9,14H,7H2,1-3H3,(H,18,19,20). The highest BCUT2D eigenvalue weighted by Crippen LogP contribution is 2.40. The van der Waals surface area contributed by atoms with Crippen molar-refractivity contribution in [2.24, 2.45) is 7.05 Å². The van der Waals surface area contributed by atoms with E-state index in [0.29, 0.717) is 5.88 Å². The molecule has 6 nitrogen and oxygen atoms in total. The second-order valence-corrected chi connectivity index (χ2v) is 5.69. The highest BCUT2D eigenvalue weighted by molar-refractivity contribution is 5.86. The molecule has 0 spiro atoms. The maximum absolute atomic E-state index is 5.38. The van der Waals surface area contributed by atoms with E-state index in [0.717, 1.165) is 23.6 Å². The lowest BCUT2D eigenvalue weighted by atomic mass is 10.0. The summed E-state index contributed by atoms with van der Waals surface area (Å²) < 4.78 is 12.9. The minimum absolute atomic E-state index is 0.145. The second kappa shape index (κ2) is 5.15. The zero-order valence-electron chi connectivity index (χ0n) is 13.3. The van der Waals surface area contributed by atoms with Gasteiger partial charge in [-0.1, -0.05) is 0 Å². The van der Waals surface area contributed by atoms with E-state index in [9.17, 15) is 0 Å². The molecule has 6 heteroatoms. The molecule has 0 fully saturated rings. The lowest BCUT2D eigenvalue weighted by Crippen LogP contribution is -2.05. The number of fused-ring (bicyclic) bond motifs is 2. The van der Waals surface area contributed by atoms with Crippen LogP contribution in [0, 0.1) is 0 Å². The van der Waals surface area contributed by atoms with Crippen LogP contribution >= 0.6 is 0 Å². The smallest absolute Gasteiger partial charge is 0.221 e. The molecule has 0 saturated heterocycles. The third-order valence-corrected chi connectivity index (χ3v) is 4.42. The van der Waals surface area contributed by atoms with Gasteiger partial charge in [0.05, 0.1) is 25.8 Å². The van der Waals surface area contributed by atoms with E-state index in [1.54, 1.807) is 14.2 Å². The number of aryl methyl sites for hydroxylation is 1. The number of nitrogens with one attached hydrogen (secondary N) is 1. The Labute approximate surface area is 134 Å². The maximum Gasteiger partial charge on any atom is 0.221 e. The lowest BCUT2D eigenvalue weighted by molar-refractivity contribution is 0.392. The van der Waals surface area contributed by atoms with Crippen LogP contribution in [0.25, 0.3) is 10.9 Å². The van der Waals surface area contributed by atoms with Crippen molar-refractivity contribution in [1.82, 2.24) is 14.5 Å². The van der Waals surface area contributed by atoms with Gasteiger partial charge in [-0.3, -0.25) is 0 Å². The van der Waals surface area contributed by atoms with Crippen LogP contribution in [0.15, 0.2) is 30.7 Å². The fourth-order valence-electron chi connectivity index (χ4n) is 3.29. The van der Waals surface area contributed by atoms with Gasteiger partial charge < -0.3 is 19.4 Å². The highest BCUT2D eigenvalue weighted by Gasteiger charge is 2.29. The van der Waals surface area contributed by atoms with E-state index < -0.39 is 0 Å². The van der Waals surface area contributed by atoms with Gasteiger partial charge in [0.15, 0.2) is 0 Å². The van der Waals surface area contributed by atoms with Gasteiger partial charge in [-0.05, 0) is 18.2 Å². The average Bonchev–Trinajstić information content (AvgIpc) is 3.15. The molecule has 0 amide bonds. The van der Waals surface area contributed by atoms with Gasteiger partial charge in [0.2, 0.25) is 5.88 Å². The van der Waals surface area contributed by atoms with Crippen LogP contribution in [0.3, 0.4) is 0 Å². The first-order chi connectivity index (χ1) is 11.2. The third-order valence-electron chi connectivity index (χ3n) is 4.42. The van der Waals surface area contributed by atoms with E-state index in [1.807, 2.05) is 6.07 Å². The molecule has 2 aromatic heterocycles. The molecule has 1 N–H and O–H groups in total. The van der Waals surface area contributed by atoms with Gasteiger partial charge in [-0.15, -0.1) is 0 Å². The second-order valence-electron chi connectivity index (χ2n) is 5.69. The van der Waals surface area contributed by atoms with E-state index in [4.69, 9.17) is 9.47 Å². The van der Waals surface area contributed by atoms with Crippen LogP contribution in [0.4, 0.5) is 5.82 Å². The summed E-state index contributed by atoms with van der Waals surface area (Å²) in [5.74, 6) is 2.35. The fraction of sp³-hybridized carbons (Fsp3) is 0.294. The predicted octanol–water partition coefficient (Wildman–Crippen LogP) is 2.69. The maximum atomic E-state index is 5.38. The van der Waals surface area contributed by atoms with Crippen molar-refractivity contribution < 1.29 is 9.47 Å². The first-order valence-corrected chi connectivity index (χ1v) is 7.48. The quantitative estimate of drug-likeness (QED) is 0.806. The van der Waals surface area contributed by atoms with Crippen LogP contribution < -0.4 is 14.8 Å². The molecular weight excluding hydrogens is 292 g/mol. The molecule has 3 heterocycles. The summed E-state index contributed by atoms with van der Waals surface area (Å²) in [6.07, 6.45) is 4.49. The Morgan fingerprint density at radius 1 is 1.22 bits per heavy atom. The number of benzene rings is 1. The van der Waals surface area contributed by atoms with Crippen molar-refractivity contribution >= 4 is 16.7 Å². The monoisotopic (exact) mass is 310 g/mol. The molecule has 0 aliphatic carbocycles. The molecule has 118 valence electrons. The summed E-state index contributed by atoms with van der Waals surface area (Å²) in [4.78, 5) is 8.52. The normalized spacial score (nSPS) is 16.2. The number of ether oxygens (including phenoxy) is 2. The first kappa shape index (κ1) is 13.9. The van der Waals surface area contributed by atoms with Crippen LogP contribution in [-0.4, -0.2) is 28.8 Å². The summed E-state index contributed by atoms with van der Waals surface area (Å²) in [7, 11) is 5.38. The lowest BCUT2D eigenvalue weighted by Gasteiger charge is -2.10. The van der Waals surface area contributed by atoms with Gasteiger partial charge in [0.25, 0.3) is 0 Å². The molecule has 1 atom stereocenters. The number of rotatable bonds is 3. The third kappa shape index (κ3) is 2.10. The van der Waals surface area contributed by atoms with Gasteiger partial charge in [-0.2, -0.15) is 0 Å². The van der Waals surface area contributed by atoms with Crippen molar-refractivity contribution in [1.29, 1.82) is 0 Å². The van der Waals surface area contributed by atoms with E-state index in [2.05, 4.69) is 45.2 Å². The molecule has 1 aromatic carbocycles. The van der Waals surface area contributed by atoms with Gasteiger partial charge in [0.1, 0.15) is 17.9 Å².